The molecule has 5 heteroatoms. The molecule has 0 bridgehead atoms. The number of nitrogens with zero attached hydrogens (tertiary/aromatic N) is 2. The first kappa shape index (κ1) is 9.98. The van der Waals surface area contributed by atoms with E-state index in [1.54, 1.807) is 12.4 Å². The molecule has 0 saturated heterocycles. The summed E-state index contributed by atoms with van der Waals surface area (Å²) in [6.07, 6.45) is 3.09. The summed E-state index contributed by atoms with van der Waals surface area (Å²) in [4.78, 5) is 22.4. The first-order valence-electron chi connectivity index (χ1n) is 3.61. The predicted octanol–water partition coefficient (Wildman–Crippen LogP) is 0.456. The highest BCUT2D eigenvalue weighted by atomic mass is 79.9. The van der Waals surface area contributed by atoms with Crippen molar-refractivity contribution in [1.82, 2.24) is 9.13 Å². The van der Waals surface area contributed by atoms with Crippen LogP contribution in [0.15, 0.2) is 33.0 Å². The third-order valence-electron chi connectivity index (χ3n) is 1.58. The largest absolute Gasteiger partial charge is 0.316 e. The van der Waals surface area contributed by atoms with Gasteiger partial charge in [-0.3, -0.25) is 9.59 Å². The van der Waals surface area contributed by atoms with Crippen molar-refractivity contribution < 1.29 is 0 Å². The van der Waals surface area contributed by atoms with Gasteiger partial charge in [0.15, 0.2) is 0 Å². The summed E-state index contributed by atoms with van der Waals surface area (Å²) in [6.45, 7) is 3.91. The highest BCUT2D eigenvalue weighted by molar-refractivity contribution is 9.11. The molecule has 0 aliphatic heterocycles. The summed E-state index contributed by atoms with van der Waals surface area (Å²) in [5.41, 5.74) is -1.07. The minimum Gasteiger partial charge on any atom is -0.312 e. The van der Waals surface area contributed by atoms with Gasteiger partial charge in [0.2, 0.25) is 0 Å². The van der Waals surface area contributed by atoms with Crippen LogP contribution in [0.25, 0.3) is 0 Å². The minimum absolute atomic E-state index is 0.314. The zero-order chi connectivity index (χ0) is 10.0. The lowest BCUT2D eigenvalue weighted by molar-refractivity contribution is 0.703. The topological polar surface area (TPSA) is 44.0 Å². The molecule has 0 N–H and O–H groups in total. The lowest BCUT2D eigenvalue weighted by Gasteiger charge is -2.03. The van der Waals surface area contributed by atoms with Crippen LogP contribution in [0.4, 0.5) is 0 Å². The molecule has 0 atom stereocenters. The van der Waals surface area contributed by atoms with Crippen molar-refractivity contribution >= 4 is 15.9 Å². The summed E-state index contributed by atoms with van der Waals surface area (Å²) in [5.74, 6) is 0. The first-order valence-corrected chi connectivity index (χ1v) is 4.41. The maximum Gasteiger partial charge on any atom is 0.316 e. The fourth-order valence-electron chi connectivity index (χ4n) is 0.899. The van der Waals surface area contributed by atoms with Crippen LogP contribution in [0.5, 0.6) is 0 Å². The normalized spacial score (nSPS) is 10.0. The molecule has 1 heterocycles. The Hall–Kier alpha value is -1.10. The van der Waals surface area contributed by atoms with Crippen molar-refractivity contribution in [2.75, 3.05) is 0 Å². The van der Waals surface area contributed by atoms with Crippen LogP contribution in [0.1, 0.15) is 0 Å². The molecule has 4 nitrogen and oxygen atoms in total. The van der Waals surface area contributed by atoms with Crippen LogP contribution in [0, 0.1) is 0 Å². The van der Waals surface area contributed by atoms with Gasteiger partial charge in [-0.25, -0.2) is 0 Å². The third-order valence-corrected chi connectivity index (χ3v) is 1.83. The second-order valence-corrected chi connectivity index (χ2v) is 3.79. The predicted molar refractivity (Wildman–Crippen MR) is 54.0 cm³/mol. The summed E-state index contributed by atoms with van der Waals surface area (Å²) in [5, 5.41) is 0. The Kier molecular flexibility index (Phi) is 2.87. The van der Waals surface area contributed by atoms with E-state index in [4.69, 9.17) is 0 Å². The standard InChI is InChI=1S/C8H9BrN2O2/c1-6(9)5-11-4-3-10(2)7(12)8(11)13/h3-4H,1,5H2,2H3. The molecule has 1 aromatic rings. The second-order valence-electron chi connectivity index (χ2n) is 2.66. The Morgan fingerprint density at radius 1 is 1.46 bits per heavy atom. The maximum atomic E-state index is 11.3. The number of halogens is 1. The van der Waals surface area contributed by atoms with Gasteiger partial charge in [-0.05, 0) is 0 Å². The molecule has 0 unspecified atom stereocenters. The maximum absolute atomic E-state index is 11.3. The Labute approximate surface area is 83.3 Å². The molecule has 1 aromatic heterocycles. The molecular weight excluding hydrogens is 236 g/mol. The zero-order valence-corrected chi connectivity index (χ0v) is 8.74. The monoisotopic (exact) mass is 244 g/mol. The number of aromatic nitrogens is 2. The van der Waals surface area contributed by atoms with Crippen LogP contribution >= 0.6 is 15.9 Å². The third kappa shape index (κ3) is 2.18. The lowest BCUT2D eigenvalue weighted by Crippen LogP contribution is -2.39. The molecule has 70 valence electrons. The van der Waals surface area contributed by atoms with E-state index in [9.17, 15) is 9.59 Å². The molecule has 1 rings (SSSR count). The summed E-state index contributed by atoms with van der Waals surface area (Å²) in [6, 6.07) is 0. The second kappa shape index (κ2) is 3.74. The highest BCUT2D eigenvalue weighted by Crippen LogP contribution is 2.01. The van der Waals surface area contributed by atoms with E-state index < -0.39 is 11.1 Å². The molecule has 0 spiro atoms. The van der Waals surface area contributed by atoms with Gasteiger partial charge in [-0.15, -0.1) is 0 Å². The minimum atomic E-state index is -0.536. The molecular formula is C8H9BrN2O2. The van der Waals surface area contributed by atoms with Crippen molar-refractivity contribution in [2.24, 2.45) is 7.05 Å². The van der Waals surface area contributed by atoms with E-state index in [0.717, 1.165) is 0 Å². The molecule has 0 radical (unpaired) electrons. The molecule has 0 aromatic carbocycles. The van der Waals surface area contributed by atoms with E-state index in [1.165, 1.54) is 16.2 Å². The summed E-state index contributed by atoms with van der Waals surface area (Å²) in [7, 11) is 1.54. The Morgan fingerprint density at radius 2 is 2.08 bits per heavy atom. The van der Waals surface area contributed by atoms with Crippen molar-refractivity contribution in [1.29, 1.82) is 0 Å². The van der Waals surface area contributed by atoms with E-state index in [1.807, 2.05) is 0 Å². The van der Waals surface area contributed by atoms with Gasteiger partial charge in [-0.2, -0.15) is 0 Å². The fraction of sp³-hybridized carbons (Fsp3) is 0.250. The lowest BCUT2D eigenvalue weighted by atomic mass is 10.5. The molecule has 0 amide bonds. The van der Waals surface area contributed by atoms with E-state index in [2.05, 4.69) is 22.5 Å². The average Bonchev–Trinajstić information content (AvgIpc) is 2.06. The fourth-order valence-corrected chi connectivity index (χ4v) is 1.17. The molecule has 0 aliphatic rings. The molecule has 0 fully saturated rings. The van der Waals surface area contributed by atoms with Gasteiger partial charge in [0, 0.05) is 23.9 Å². The van der Waals surface area contributed by atoms with Crippen LogP contribution in [0.2, 0.25) is 0 Å². The van der Waals surface area contributed by atoms with Crippen LogP contribution < -0.4 is 11.1 Å². The number of rotatable bonds is 2. The van der Waals surface area contributed by atoms with Crippen LogP contribution in [-0.4, -0.2) is 9.13 Å². The molecule has 0 saturated carbocycles. The number of hydrogen-bond donors (Lipinski definition) is 0. The van der Waals surface area contributed by atoms with Gasteiger partial charge in [0.25, 0.3) is 0 Å². The quantitative estimate of drug-likeness (QED) is 0.710. The van der Waals surface area contributed by atoms with Gasteiger partial charge < -0.3 is 9.13 Å². The number of hydrogen-bond acceptors (Lipinski definition) is 2. The SMILES string of the molecule is C=C(Br)Cn1ccn(C)c(=O)c1=O. The smallest absolute Gasteiger partial charge is 0.312 e. The summed E-state index contributed by atoms with van der Waals surface area (Å²) < 4.78 is 3.21. The van der Waals surface area contributed by atoms with Gasteiger partial charge >= 0.3 is 11.1 Å². The molecule has 13 heavy (non-hydrogen) atoms. The van der Waals surface area contributed by atoms with Crippen molar-refractivity contribution in [3.8, 4) is 0 Å². The van der Waals surface area contributed by atoms with Crippen LogP contribution in [0.3, 0.4) is 0 Å². The molecule has 0 aliphatic carbocycles. The van der Waals surface area contributed by atoms with Crippen molar-refractivity contribution in [3.63, 3.8) is 0 Å². The Morgan fingerprint density at radius 3 is 2.62 bits per heavy atom. The number of aryl methyl sites for hydroxylation is 1. The van der Waals surface area contributed by atoms with Gasteiger partial charge in [0.05, 0.1) is 6.54 Å². The van der Waals surface area contributed by atoms with Gasteiger partial charge in [0.1, 0.15) is 0 Å². The van der Waals surface area contributed by atoms with Crippen LogP contribution in [-0.2, 0) is 13.6 Å². The summed E-state index contributed by atoms with van der Waals surface area (Å²) >= 11 is 3.13. The zero-order valence-electron chi connectivity index (χ0n) is 7.16. The average molecular weight is 245 g/mol. The van der Waals surface area contributed by atoms with Crippen molar-refractivity contribution in [2.45, 2.75) is 6.54 Å². The number of allylic oxidation sites excluding steroid dienone is 1. The van der Waals surface area contributed by atoms with E-state index in [0.29, 0.717) is 11.0 Å². The highest BCUT2D eigenvalue weighted by Gasteiger charge is 2.01. The van der Waals surface area contributed by atoms with E-state index in [-0.39, 0.29) is 0 Å². The Bertz CT molecular complexity index is 444. The van der Waals surface area contributed by atoms with Gasteiger partial charge in [-0.1, -0.05) is 22.5 Å². The van der Waals surface area contributed by atoms with E-state index >= 15 is 0 Å². The first-order chi connectivity index (χ1) is 6.02. The van der Waals surface area contributed by atoms with Crippen molar-refractivity contribution in [3.05, 3.63) is 44.2 Å². The Balaban J connectivity index is 3.27.